The van der Waals surface area contributed by atoms with E-state index in [-0.39, 0.29) is 5.91 Å². The molecule has 4 aliphatic rings. The van der Waals surface area contributed by atoms with Crippen LogP contribution >= 0.6 is 0 Å². The van der Waals surface area contributed by atoms with E-state index < -0.39 is 10.0 Å². The number of hydrogen-bond acceptors (Lipinski definition) is 3. The molecule has 0 aromatic carbocycles. The summed E-state index contributed by atoms with van der Waals surface area (Å²) in [5.74, 6) is 5.31. The van der Waals surface area contributed by atoms with Gasteiger partial charge < -0.3 is 0 Å². The van der Waals surface area contributed by atoms with E-state index in [0.29, 0.717) is 29.1 Å². The summed E-state index contributed by atoms with van der Waals surface area (Å²) in [6.07, 6.45) is 16.2. The molecular formula is C27H47NO3S. The SMILES string of the molecule is CC[C@H]1CC2C3CC[C@H]([C@H](C)CCC(=O)NS(C)(=O)=O)[C@@]3(C)CCC2[C@@]2(C)CCCC[C@@H]12. The van der Waals surface area contributed by atoms with Crippen LogP contribution in [0.25, 0.3) is 0 Å². The number of nitrogens with one attached hydrogen (secondary N) is 1. The van der Waals surface area contributed by atoms with Crippen molar-refractivity contribution in [2.24, 2.45) is 52.3 Å². The highest BCUT2D eigenvalue weighted by molar-refractivity contribution is 7.89. The maximum atomic E-state index is 12.1. The molecule has 4 aliphatic carbocycles. The van der Waals surface area contributed by atoms with Gasteiger partial charge in [0.1, 0.15) is 0 Å². The Balaban J connectivity index is 1.47. The van der Waals surface area contributed by atoms with Gasteiger partial charge in [0.05, 0.1) is 6.26 Å². The molecule has 0 aliphatic heterocycles. The van der Waals surface area contributed by atoms with Crippen LogP contribution in [0.2, 0.25) is 0 Å². The second-order valence-electron chi connectivity index (χ2n) is 12.7. The molecule has 0 aromatic heterocycles. The lowest BCUT2D eigenvalue weighted by Gasteiger charge is -2.63. The van der Waals surface area contributed by atoms with Gasteiger partial charge in [-0.1, -0.05) is 47.0 Å². The van der Waals surface area contributed by atoms with E-state index in [1.54, 1.807) is 0 Å². The lowest BCUT2D eigenvalue weighted by atomic mass is 9.42. The molecule has 0 aromatic rings. The summed E-state index contributed by atoms with van der Waals surface area (Å²) >= 11 is 0. The predicted octanol–water partition coefficient (Wildman–Crippen LogP) is 6.16. The average molecular weight is 466 g/mol. The fourth-order valence-electron chi connectivity index (χ4n) is 9.81. The first-order valence-corrected chi connectivity index (χ1v) is 15.4. The van der Waals surface area contributed by atoms with Crippen molar-refractivity contribution in [3.8, 4) is 0 Å². The molecule has 9 atom stereocenters. The molecule has 0 saturated heterocycles. The molecule has 5 heteroatoms. The third-order valence-corrected chi connectivity index (χ3v) is 11.8. The Morgan fingerprint density at radius 2 is 1.72 bits per heavy atom. The Bertz CT molecular complexity index is 810. The predicted molar refractivity (Wildman–Crippen MR) is 130 cm³/mol. The highest BCUT2D eigenvalue weighted by Crippen LogP contribution is 2.69. The van der Waals surface area contributed by atoms with Crippen molar-refractivity contribution >= 4 is 15.9 Å². The normalized spacial score (nSPS) is 44.8. The Morgan fingerprint density at radius 1 is 1.00 bits per heavy atom. The highest BCUT2D eigenvalue weighted by atomic mass is 32.2. The molecule has 1 amide bonds. The first-order chi connectivity index (χ1) is 15.0. The van der Waals surface area contributed by atoms with Gasteiger partial charge in [-0.2, -0.15) is 0 Å². The summed E-state index contributed by atoms with van der Waals surface area (Å²) in [6, 6.07) is 0. The number of carbonyl (C=O) groups is 1. The van der Waals surface area contributed by atoms with Crippen LogP contribution in [-0.4, -0.2) is 20.6 Å². The van der Waals surface area contributed by atoms with E-state index >= 15 is 0 Å². The molecule has 3 unspecified atom stereocenters. The van der Waals surface area contributed by atoms with Gasteiger partial charge in [-0.25, -0.2) is 8.42 Å². The van der Waals surface area contributed by atoms with Crippen LogP contribution in [0.5, 0.6) is 0 Å². The monoisotopic (exact) mass is 465 g/mol. The minimum atomic E-state index is -3.46. The largest absolute Gasteiger partial charge is 0.274 e. The standard InChI is InChI=1S/C27H47NO3S/c1-6-19-17-20-23-12-11-21(18(2)10-13-25(29)28-32(5,30)31)27(23,4)16-14-24(20)26(3)15-8-7-9-22(19)26/h18-24H,6-17H2,1-5H3,(H,28,29)/t18-,19+,20?,21-,22+,23?,24?,26+,27-/m1/s1. The molecule has 4 fully saturated rings. The summed E-state index contributed by atoms with van der Waals surface area (Å²) in [5.41, 5.74) is 0.959. The van der Waals surface area contributed by atoms with Gasteiger partial charge >= 0.3 is 0 Å². The van der Waals surface area contributed by atoms with Gasteiger partial charge in [-0.3, -0.25) is 9.52 Å². The van der Waals surface area contributed by atoms with Crippen LogP contribution in [0, 0.1) is 52.3 Å². The van der Waals surface area contributed by atoms with Crippen LogP contribution < -0.4 is 4.72 Å². The molecule has 0 heterocycles. The molecule has 32 heavy (non-hydrogen) atoms. The zero-order valence-electron chi connectivity index (χ0n) is 21.2. The number of fused-ring (bicyclic) bond motifs is 5. The topological polar surface area (TPSA) is 63.2 Å². The average Bonchev–Trinajstić information content (AvgIpc) is 3.07. The molecule has 4 rings (SSSR count). The highest BCUT2D eigenvalue weighted by Gasteiger charge is 2.61. The van der Waals surface area contributed by atoms with Crippen molar-refractivity contribution in [1.29, 1.82) is 0 Å². The van der Waals surface area contributed by atoms with E-state index in [1.807, 2.05) is 0 Å². The molecule has 4 nitrogen and oxygen atoms in total. The fraction of sp³-hybridized carbons (Fsp3) is 0.963. The molecule has 0 spiro atoms. The van der Waals surface area contributed by atoms with Crippen molar-refractivity contribution in [3.63, 3.8) is 0 Å². The first kappa shape index (κ1) is 24.5. The minimum Gasteiger partial charge on any atom is -0.274 e. The maximum Gasteiger partial charge on any atom is 0.233 e. The zero-order valence-corrected chi connectivity index (χ0v) is 22.0. The van der Waals surface area contributed by atoms with Crippen molar-refractivity contribution in [1.82, 2.24) is 4.72 Å². The summed E-state index contributed by atoms with van der Waals surface area (Å²) in [6.45, 7) is 10.00. The van der Waals surface area contributed by atoms with Crippen LogP contribution in [-0.2, 0) is 14.8 Å². The van der Waals surface area contributed by atoms with E-state index in [4.69, 9.17) is 0 Å². The second kappa shape index (κ2) is 8.89. The van der Waals surface area contributed by atoms with Crippen molar-refractivity contribution in [2.45, 2.75) is 105 Å². The van der Waals surface area contributed by atoms with Gasteiger partial charge in [0, 0.05) is 6.42 Å². The molecule has 0 radical (unpaired) electrons. The smallest absolute Gasteiger partial charge is 0.233 e. The van der Waals surface area contributed by atoms with Gasteiger partial charge in [-0.15, -0.1) is 0 Å². The lowest BCUT2D eigenvalue weighted by molar-refractivity contribution is -0.138. The Kier molecular flexibility index (Phi) is 6.82. The number of rotatable bonds is 6. The van der Waals surface area contributed by atoms with Crippen molar-refractivity contribution in [2.75, 3.05) is 6.26 Å². The lowest BCUT2D eigenvalue weighted by Crippen LogP contribution is -2.55. The summed E-state index contributed by atoms with van der Waals surface area (Å²) < 4.78 is 24.9. The molecular weight excluding hydrogens is 418 g/mol. The molecule has 184 valence electrons. The first-order valence-electron chi connectivity index (χ1n) is 13.5. The van der Waals surface area contributed by atoms with Gasteiger partial charge in [0.2, 0.25) is 15.9 Å². The van der Waals surface area contributed by atoms with Gasteiger partial charge in [-0.05, 0) is 104 Å². The Morgan fingerprint density at radius 3 is 2.41 bits per heavy atom. The summed E-state index contributed by atoms with van der Waals surface area (Å²) in [4.78, 5) is 12.1. The second-order valence-corrected chi connectivity index (χ2v) is 14.4. The molecule has 0 bridgehead atoms. The minimum absolute atomic E-state index is 0.315. The van der Waals surface area contributed by atoms with E-state index in [0.717, 1.165) is 42.3 Å². The van der Waals surface area contributed by atoms with E-state index in [1.165, 1.54) is 64.2 Å². The van der Waals surface area contributed by atoms with Crippen LogP contribution in [0.4, 0.5) is 0 Å². The third-order valence-electron chi connectivity index (χ3n) is 11.2. The number of amides is 1. The van der Waals surface area contributed by atoms with Crippen LogP contribution in [0.1, 0.15) is 105 Å². The quantitative estimate of drug-likeness (QED) is 0.511. The maximum absolute atomic E-state index is 12.1. The third kappa shape index (κ3) is 4.29. The Hall–Kier alpha value is -0.580. The van der Waals surface area contributed by atoms with E-state index in [2.05, 4.69) is 32.4 Å². The van der Waals surface area contributed by atoms with Crippen molar-refractivity contribution < 1.29 is 13.2 Å². The molecule has 4 saturated carbocycles. The fourth-order valence-corrected chi connectivity index (χ4v) is 10.3. The number of hydrogen-bond donors (Lipinski definition) is 1. The van der Waals surface area contributed by atoms with Gasteiger partial charge in [0.15, 0.2) is 0 Å². The molecule has 1 N–H and O–H groups in total. The van der Waals surface area contributed by atoms with E-state index in [9.17, 15) is 13.2 Å². The number of sulfonamides is 1. The van der Waals surface area contributed by atoms with Crippen molar-refractivity contribution in [3.05, 3.63) is 0 Å². The summed E-state index contributed by atoms with van der Waals surface area (Å²) in [5, 5.41) is 0. The number of carbonyl (C=O) groups excluding carboxylic acids is 1. The van der Waals surface area contributed by atoms with Crippen LogP contribution in [0.15, 0.2) is 0 Å². The zero-order chi connectivity index (χ0) is 23.3. The summed E-state index contributed by atoms with van der Waals surface area (Å²) in [7, 11) is -3.46. The van der Waals surface area contributed by atoms with Gasteiger partial charge in [0.25, 0.3) is 0 Å². The Labute approximate surface area is 197 Å². The van der Waals surface area contributed by atoms with Crippen LogP contribution in [0.3, 0.4) is 0 Å².